The molecule has 0 fully saturated rings. The maximum atomic E-state index is 5.78. The van der Waals surface area contributed by atoms with Gasteiger partial charge in [0.2, 0.25) is 0 Å². The van der Waals surface area contributed by atoms with Crippen LogP contribution in [0, 0.1) is 0 Å². The van der Waals surface area contributed by atoms with Crippen molar-refractivity contribution in [2.45, 2.75) is 26.2 Å². The molecule has 0 aromatic carbocycles. The first-order valence-corrected chi connectivity index (χ1v) is 8.89. The van der Waals surface area contributed by atoms with E-state index in [2.05, 4.69) is 32.5 Å². The fraction of sp³-hybridized carbons (Fsp3) is 0.438. The van der Waals surface area contributed by atoms with Crippen LogP contribution in [0.1, 0.15) is 22.4 Å². The van der Waals surface area contributed by atoms with Gasteiger partial charge in [-0.05, 0) is 24.5 Å². The zero-order chi connectivity index (χ0) is 16.5. The zero-order valence-corrected chi connectivity index (χ0v) is 15.0. The number of thiazole rings is 1. The van der Waals surface area contributed by atoms with Crippen LogP contribution in [0.25, 0.3) is 0 Å². The Hall–Kier alpha value is -1.66. The molecule has 2 rings (SSSR count). The van der Waals surface area contributed by atoms with Crippen molar-refractivity contribution in [3.8, 4) is 0 Å². The summed E-state index contributed by atoms with van der Waals surface area (Å²) in [5, 5.41) is 8.29. The predicted molar refractivity (Wildman–Crippen MR) is 97.5 cm³/mol. The van der Waals surface area contributed by atoms with Crippen LogP contribution in [0.4, 0.5) is 0 Å². The van der Waals surface area contributed by atoms with Crippen molar-refractivity contribution in [2.24, 2.45) is 4.99 Å². The number of nitrogens with zero attached hydrogens (tertiary/aromatic N) is 3. The molecule has 0 aliphatic heterocycles. The van der Waals surface area contributed by atoms with Gasteiger partial charge in [-0.15, -0.1) is 11.3 Å². The molecular weight excluding hydrogens is 330 g/mol. The molecule has 7 heteroatoms. The molecule has 0 aliphatic rings. The van der Waals surface area contributed by atoms with Gasteiger partial charge in [0, 0.05) is 43.8 Å². The van der Waals surface area contributed by atoms with Gasteiger partial charge in [-0.2, -0.15) is 0 Å². The minimum Gasteiger partial charge on any atom is -0.356 e. The molecule has 2 heterocycles. The highest BCUT2D eigenvalue weighted by Gasteiger charge is 2.02. The summed E-state index contributed by atoms with van der Waals surface area (Å²) in [4.78, 5) is 14.1. The van der Waals surface area contributed by atoms with Crippen molar-refractivity contribution in [3.05, 3.63) is 45.1 Å². The largest absolute Gasteiger partial charge is 0.356 e. The second kappa shape index (κ2) is 9.47. The smallest absolute Gasteiger partial charge is 0.191 e. The first-order chi connectivity index (χ1) is 11.2. The van der Waals surface area contributed by atoms with Crippen molar-refractivity contribution in [1.82, 2.24) is 20.6 Å². The quantitative estimate of drug-likeness (QED) is 0.457. The molecule has 0 radical (unpaired) electrons. The fourth-order valence-electron chi connectivity index (χ4n) is 2.02. The second-order valence-electron chi connectivity index (χ2n) is 4.99. The van der Waals surface area contributed by atoms with Gasteiger partial charge in [-0.3, -0.25) is 4.99 Å². The molecule has 2 aromatic heterocycles. The van der Waals surface area contributed by atoms with E-state index in [1.807, 2.05) is 18.3 Å². The Morgan fingerprint density at radius 2 is 1.96 bits per heavy atom. The highest BCUT2D eigenvalue weighted by Crippen LogP contribution is 2.13. The van der Waals surface area contributed by atoms with E-state index in [0.717, 1.165) is 48.9 Å². The first-order valence-electron chi connectivity index (χ1n) is 7.69. The molecular formula is C16H22ClN5S. The molecule has 0 saturated heterocycles. The van der Waals surface area contributed by atoms with E-state index in [1.54, 1.807) is 24.6 Å². The summed E-state index contributed by atoms with van der Waals surface area (Å²) in [6, 6.07) is 3.80. The molecule has 0 saturated carbocycles. The Kier molecular flexibility index (Phi) is 7.29. The molecule has 2 aromatic rings. The van der Waals surface area contributed by atoms with Gasteiger partial charge in [0.15, 0.2) is 5.96 Å². The van der Waals surface area contributed by atoms with E-state index >= 15 is 0 Å². The number of hydrogen-bond acceptors (Lipinski definition) is 4. The lowest BCUT2D eigenvalue weighted by Gasteiger charge is -2.11. The number of rotatable bonds is 7. The number of halogens is 1. The average Bonchev–Trinajstić information content (AvgIpc) is 3.03. The van der Waals surface area contributed by atoms with E-state index in [1.165, 1.54) is 4.88 Å². The van der Waals surface area contributed by atoms with Crippen LogP contribution >= 0.6 is 22.9 Å². The van der Waals surface area contributed by atoms with Gasteiger partial charge in [0.1, 0.15) is 5.15 Å². The third-order valence-electron chi connectivity index (χ3n) is 3.30. The van der Waals surface area contributed by atoms with Gasteiger partial charge in [0.05, 0.1) is 5.01 Å². The van der Waals surface area contributed by atoms with Crippen LogP contribution in [-0.4, -0.2) is 36.1 Å². The number of aromatic nitrogens is 2. The summed E-state index contributed by atoms with van der Waals surface area (Å²) >= 11 is 7.56. The summed E-state index contributed by atoms with van der Waals surface area (Å²) < 4.78 is 0. The Labute approximate surface area is 146 Å². The van der Waals surface area contributed by atoms with Gasteiger partial charge in [0.25, 0.3) is 0 Å². The summed E-state index contributed by atoms with van der Waals surface area (Å²) in [5.74, 6) is 0.805. The van der Waals surface area contributed by atoms with E-state index in [4.69, 9.17) is 11.6 Å². The van der Waals surface area contributed by atoms with Gasteiger partial charge < -0.3 is 10.6 Å². The molecule has 0 aliphatic carbocycles. The average molecular weight is 352 g/mol. The SMILES string of the molecule is CCc1cnc(CCNC(=NC)NCCc2ccc(Cl)nc2)s1. The number of aryl methyl sites for hydroxylation is 1. The molecule has 0 atom stereocenters. The second-order valence-corrected chi connectivity index (χ2v) is 6.58. The minimum atomic E-state index is 0.521. The van der Waals surface area contributed by atoms with Crippen molar-refractivity contribution >= 4 is 28.9 Å². The Morgan fingerprint density at radius 1 is 1.17 bits per heavy atom. The molecule has 23 heavy (non-hydrogen) atoms. The Balaban J connectivity index is 1.67. The van der Waals surface area contributed by atoms with Crippen LogP contribution < -0.4 is 10.6 Å². The van der Waals surface area contributed by atoms with E-state index < -0.39 is 0 Å². The van der Waals surface area contributed by atoms with E-state index in [0.29, 0.717) is 5.15 Å². The summed E-state index contributed by atoms with van der Waals surface area (Å²) in [5.41, 5.74) is 1.15. The minimum absolute atomic E-state index is 0.521. The third kappa shape index (κ3) is 6.15. The third-order valence-corrected chi connectivity index (χ3v) is 4.72. The molecule has 124 valence electrons. The van der Waals surface area contributed by atoms with E-state index in [9.17, 15) is 0 Å². The van der Waals surface area contributed by atoms with Crippen molar-refractivity contribution in [3.63, 3.8) is 0 Å². The first kappa shape index (κ1) is 17.7. The van der Waals surface area contributed by atoms with Gasteiger partial charge in [-0.25, -0.2) is 9.97 Å². The van der Waals surface area contributed by atoms with Gasteiger partial charge in [-0.1, -0.05) is 24.6 Å². The normalized spacial score (nSPS) is 11.5. The molecule has 5 nitrogen and oxygen atoms in total. The van der Waals surface area contributed by atoms with Crippen molar-refractivity contribution < 1.29 is 0 Å². The number of nitrogens with one attached hydrogen (secondary N) is 2. The highest BCUT2D eigenvalue weighted by atomic mass is 35.5. The van der Waals surface area contributed by atoms with Crippen LogP contribution in [0.3, 0.4) is 0 Å². The maximum Gasteiger partial charge on any atom is 0.191 e. The van der Waals surface area contributed by atoms with Crippen LogP contribution in [0.2, 0.25) is 5.15 Å². The Bertz CT molecular complexity index is 624. The Morgan fingerprint density at radius 3 is 2.57 bits per heavy atom. The maximum absolute atomic E-state index is 5.78. The topological polar surface area (TPSA) is 62.2 Å². The summed E-state index contributed by atoms with van der Waals surface area (Å²) in [6.45, 7) is 3.76. The lowest BCUT2D eigenvalue weighted by molar-refractivity contribution is 0.781. The van der Waals surface area contributed by atoms with Crippen LogP contribution in [-0.2, 0) is 19.3 Å². The number of guanidine groups is 1. The van der Waals surface area contributed by atoms with Gasteiger partial charge >= 0.3 is 0 Å². The van der Waals surface area contributed by atoms with Crippen LogP contribution in [0.15, 0.2) is 29.5 Å². The van der Waals surface area contributed by atoms with E-state index in [-0.39, 0.29) is 0 Å². The molecule has 0 bridgehead atoms. The summed E-state index contributed by atoms with van der Waals surface area (Å²) in [7, 11) is 1.78. The van der Waals surface area contributed by atoms with Crippen molar-refractivity contribution in [2.75, 3.05) is 20.1 Å². The molecule has 0 amide bonds. The highest BCUT2D eigenvalue weighted by molar-refractivity contribution is 7.11. The summed E-state index contributed by atoms with van der Waals surface area (Å²) in [6.07, 6.45) is 6.60. The number of pyridine rings is 1. The molecule has 0 spiro atoms. The van der Waals surface area contributed by atoms with Crippen LogP contribution in [0.5, 0.6) is 0 Å². The number of aliphatic imine (C=N–C) groups is 1. The monoisotopic (exact) mass is 351 g/mol. The standard InChI is InChI=1S/C16H22ClN5S/c1-3-13-11-22-15(23-13)7-9-20-16(18-2)19-8-6-12-4-5-14(17)21-10-12/h4-5,10-11H,3,6-9H2,1-2H3,(H2,18,19,20). The van der Waals surface area contributed by atoms with Crippen molar-refractivity contribution in [1.29, 1.82) is 0 Å². The number of hydrogen-bond donors (Lipinski definition) is 2. The molecule has 0 unspecified atom stereocenters. The zero-order valence-electron chi connectivity index (χ0n) is 13.5. The molecule has 2 N–H and O–H groups in total. The fourth-order valence-corrected chi connectivity index (χ4v) is 2.99. The lowest BCUT2D eigenvalue weighted by Crippen LogP contribution is -2.39. The predicted octanol–water partition coefficient (Wildman–Crippen LogP) is 2.70. The lowest BCUT2D eigenvalue weighted by atomic mass is 10.2.